The monoisotopic (exact) mass is 246 g/mol. The van der Waals surface area contributed by atoms with E-state index >= 15 is 0 Å². The van der Waals surface area contributed by atoms with E-state index in [-0.39, 0.29) is 5.95 Å². The first-order valence-corrected chi connectivity index (χ1v) is 5.22. The van der Waals surface area contributed by atoms with Gasteiger partial charge in [-0.3, -0.25) is 0 Å². The summed E-state index contributed by atoms with van der Waals surface area (Å²) in [6, 6.07) is 7.31. The van der Waals surface area contributed by atoms with Crippen LogP contribution in [0.4, 0.5) is 5.95 Å². The molecule has 0 radical (unpaired) electrons. The maximum Gasteiger partial charge on any atom is 0.274 e. The number of fused-ring (bicyclic) bond motifs is 1. The molecular formula is C10H7ClN6. The summed E-state index contributed by atoms with van der Waals surface area (Å²) >= 11 is 5.82. The topological polar surface area (TPSA) is 82.0 Å². The Labute approximate surface area is 101 Å². The minimum absolute atomic E-state index is 0.218. The maximum absolute atomic E-state index is 5.82. The van der Waals surface area contributed by atoms with E-state index in [0.29, 0.717) is 16.5 Å². The van der Waals surface area contributed by atoms with Crippen LogP contribution in [-0.2, 0) is 0 Å². The second kappa shape index (κ2) is 3.67. The van der Waals surface area contributed by atoms with E-state index in [1.165, 1.54) is 4.52 Å². The summed E-state index contributed by atoms with van der Waals surface area (Å²) in [6.45, 7) is 0. The molecule has 2 N–H and O–H groups in total. The van der Waals surface area contributed by atoms with E-state index in [2.05, 4.69) is 20.3 Å². The number of anilines is 1. The van der Waals surface area contributed by atoms with Gasteiger partial charge in [0.2, 0.25) is 5.95 Å². The third-order valence-corrected chi connectivity index (χ3v) is 2.56. The average Bonchev–Trinajstić information content (AvgIpc) is 2.72. The Morgan fingerprint density at radius 3 is 2.65 bits per heavy atom. The smallest absolute Gasteiger partial charge is 0.274 e. The molecule has 7 heteroatoms. The van der Waals surface area contributed by atoms with E-state index < -0.39 is 0 Å². The third kappa shape index (κ3) is 1.68. The number of nitrogens with two attached hydrogens (primary N) is 1. The minimum atomic E-state index is 0.218. The lowest BCUT2D eigenvalue weighted by Gasteiger charge is -2.00. The molecule has 17 heavy (non-hydrogen) atoms. The Bertz CT molecular complexity index is 675. The molecule has 0 saturated carbocycles. The summed E-state index contributed by atoms with van der Waals surface area (Å²) in [6.07, 6.45) is 1.61. The number of aromatic nitrogens is 5. The Morgan fingerprint density at radius 1 is 1.12 bits per heavy atom. The van der Waals surface area contributed by atoms with Gasteiger partial charge < -0.3 is 5.73 Å². The first kappa shape index (κ1) is 9.98. The number of nitrogen functional groups attached to an aromatic ring is 1. The van der Waals surface area contributed by atoms with Crippen LogP contribution in [0.3, 0.4) is 0 Å². The zero-order valence-corrected chi connectivity index (χ0v) is 9.33. The summed E-state index contributed by atoms with van der Waals surface area (Å²) in [7, 11) is 0. The molecule has 6 nitrogen and oxygen atoms in total. The molecule has 0 spiro atoms. The fraction of sp³-hybridized carbons (Fsp3) is 0. The Balaban J connectivity index is 2.14. The quantitative estimate of drug-likeness (QED) is 0.702. The van der Waals surface area contributed by atoms with E-state index in [9.17, 15) is 0 Å². The summed E-state index contributed by atoms with van der Waals surface area (Å²) in [5.74, 6) is 0.588. The van der Waals surface area contributed by atoms with Crippen LogP contribution in [0, 0.1) is 0 Å². The van der Waals surface area contributed by atoms with Crippen molar-refractivity contribution < 1.29 is 0 Å². The molecule has 0 aliphatic rings. The van der Waals surface area contributed by atoms with Gasteiger partial charge in [0, 0.05) is 10.6 Å². The van der Waals surface area contributed by atoms with Gasteiger partial charge in [-0.1, -0.05) is 23.7 Å². The van der Waals surface area contributed by atoms with Crippen LogP contribution in [0.1, 0.15) is 0 Å². The molecule has 0 saturated heterocycles. The van der Waals surface area contributed by atoms with Gasteiger partial charge in [-0.05, 0) is 12.1 Å². The molecule has 1 aromatic carbocycles. The predicted molar refractivity (Wildman–Crippen MR) is 63.4 cm³/mol. The van der Waals surface area contributed by atoms with Crippen LogP contribution in [0.5, 0.6) is 0 Å². The molecule has 0 aliphatic carbocycles. The first-order valence-electron chi connectivity index (χ1n) is 4.84. The van der Waals surface area contributed by atoms with Gasteiger partial charge in [-0.2, -0.15) is 9.61 Å². The maximum atomic E-state index is 5.82. The fourth-order valence-corrected chi connectivity index (χ4v) is 1.60. The van der Waals surface area contributed by atoms with Gasteiger partial charge >= 0.3 is 0 Å². The van der Waals surface area contributed by atoms with Crippen LogP contribution < -0.4 is 5.73 Å². The number of nitrogens with zero attached hydrogens (tertiary/aromatic N) is 5. The molecule has 0 unspecified atom stereocenters. The summed E-state index contributed by atoms with van der Waals surface area (Å²) in [5.41, 5.74) is 7.16. The van der Waals surface area contributed by atoms with Crippen molar-refractivity contribution >= 4 is 23.3 Å². The second-order valence-corrected chi connectivity index (χ2v) is 3.85. The molecule has 0 aliphatic heterocycles. The van der Waals surface area contributed by atoms with Crippen LogP contribution in [0.25, 0.3) is 17.0 Å². The summed E-state index contributed by atoms with van der Waals surface area (Å²) in [5, 5.41) is 12.3. The lowest BCUT2D eigenvalue weighted by atomic mass is 10.2. The molecule has 0 atom stereocenters. The Hall–Kier alpha value is -2.21. The largest absolute Gasteiger partial charge is 0.366 e. The fourth-order valence-electron chi connectivity index (χ4n) is 1.47. The highest BCUT2D eigenvalue weighted by Gasteiger charge is 2.06. The van der Waals surface area contributed by atoms with Gasteiger partial charge in [0.05, 0.1) is 11.9 Å². The molecule has 3 rings (SSSR count). The zero-order valence-electron chi connectivity index (χ0n) is 8.58. The summed E-state index contributed by atoms with van der Waals surface area (Å²) < 4.78 is 1.37. The molecule has 3 aromatic rings. The van der Waals surface area contributed by atoms with Gasteiger partial charge in [0.1, 0.15) is 0 Å². The molecular weight excluding hydrogens is 240 g/mol. The van der Waals surface area contributed by atoms with Crippen LogP contribution >= 0.6 is 11.6 Å². The summed E-state index contributed by atoms with van der Waals surface area (Å²) in [4.78, 5) is 4.30. The lowest BCUT2D eigenvalue weighted by Crippen LogP contribution is -2.00. The molecule has 2 heterocycles. The van der Waals surface area contributed by atoms with Crippen molar-refractivity contribution in [3.05, 3.63) is 35.5 Å². The first-order chi connectivity index (χ1) is 8.24. The van der Waals surface area contributed by atoms with E-state index in [1.54, 1.807) is 18.3 Å². The normalized spacial score (nSPS) is 10.9. The molecule has 0 amide bonds. The molecule has 84 valence electrons. The lowest BCUT2D eigenvalue weighted by molar-refractivity contribution is 0.913. The standard InChI is InChI=1S/C10H7ClN6/c11-7-3-1-6(2-4-7)8-5-13-17-9(12)15-16-10(17)14-8/h1-5H,(H2,12,15). The van der Waals surface area contributed by atoms with Crippen LogP contribution in [-0.4, -0.2) is 24.8 Å². The number of hydrogen-bond acceptors (Lipinski definition) is 5. The molecule has 2 aromatic heterocycles. The number of benzene rings is 1. The van der Waals surface area contributed by atoms with Gasteiger partial charge in [-0.25, -0.2) is 4.98 Å². The predicted octanol–water partition coefficient (Wildman–Crippen LogP) is 1.42. The average molecular weight is 247 g/mol. The van der Waals surface area contributed by atoms with Crippen molar-refractivity contribution in [1.29, 1.82) is 0 Å². The van der Waals surface area contributed by atoms with E-state index in [1.807, 2.05) is 12.1 Å². The minimum Gasteiger partial charge on any atom is -0.366 e. The van der Waals surface area contributed by atoms with Crippen molar-refractivity contribution in [3.8, 4) is 11.3 Å². The number of halogens is 1. The van der Waals surface area contributed by atoms with Crippen LogP contribution in [0.2, 0.25) is 5.02 Å². The van der Waals surface area contributed by atoms with Crippen molar-refractivity contribution in [2.75, 3.05) is 5.73 Å². The number of hydrogen-bond donors (Lipinski definition) is 1. The van der Waals surface area contributed by atoms with Crippen molar-refractivity contribution in [2.45, 2.75) is 0 Å². The van der Waals surface area contributed by atoms with Crippen LogP contribution in [0.15, 0.2) is 30.5 Å². The van der Waals surface area contributed by atoms with Crippen molar-refractivity contribution in [3.63, 3.8) is 0 Å². The zero-order chi connectivity index (χ0) is 11.8. The highest BCUT2D eigenvalue weighted by Crippen LogP contribution is 2.19. The van der Waals surface area contributed by atoms with E-state index in [4.69, 9.17) is 17.3 Å². The second-order valence-electron chi connectivity index (χ2n) is 3.42. The van der Waals surface area contributed by atoms with Gasteiger partial charge in [-0.15, -0.1) is 10.2 Å². The Morgan fingerprint density at radius 2 is 1.88 bits per heavy atom. The van der Waals surface area contributed by atoms with Crippen molar-refractivity contribution in [1.82, 2.24) is 24.8 Å². The van der Waals surface area contributed by atoms with E-state index in [0.717, 1.165) is 5.56 Å². The number of rotatable bonds is 1. The van der Waals surface area contributed by atoms with Gasteiger partial charge in [0.25, 0.3) is 5.78 Å². The molecule has 0 bridgehead atoms. The third-order valence-electron chi connectivity index (χ3n) is 2.30. The highest BCUT2D eigenvalue weighted by atomic mass is 35.5. The van der Waals surface area contributed by atoms with Gasteiger partial charge in [0.15, 0.2) is 0 Å². The SMILES string of the molecule is Nc1nnc2nc(-c3ccc(Cl)cc3)cnn12. The highest BCUT2D eigenvalue weighted by molar-refractivity contribution is 6.30. The Kier molecular flexibility index (Phi) is 2.15. The molecule has 0 fully saturated rings. The van der Waals surface area contributed by atoms with Crippen molar-refractivity contribution in [2.24, 2.45) is 0 Å².